The minimum atomic E-state index is -0.372. The average molecular weight is 416 g/mol. The minimum absolute atomic E-state index is 0.197. The van der Waals surface area contributed by atoms with Crippen molar-refractivity contribution in [3.8, 4) is 5.75 Å². The predicted molar refractivity (Wildman–Crippen MR) is 113 cm³/mol. The topological polar surface area (TPSA) is 28.1 Å². The van der Waals surface area contributed by atoms with Gasteiger partial charge < -0.3 is 9.64 Å². The maximum absolute atomic E-state index is 6.64. The minimum Gasteiger partial charge on any atom is -0.466 e. The van der Waals surface area contributed by atoms with Gasteiger partial charge in [0.15, 0.2) is 0 Å². The van der Waals surface area contributed by atoms with E-state index < -0.39 is 0 Å². The van der Waals surface area contributed by atoms with E-state index in [-0.39, 0.29) is 11.8 Å². The monoisotopic (exact) mass is 415 g/mol. The summed E-state index contributed by atoms with van der Waals surface area (Å²) in [5.41, 5.74) is 2.91. The molecule has 1 atom stereocenters. The summed E-state index contributed by atoms with van der Waals surface area (Å²) < 4.78 is 6.64. The molecule has 1 saturated heterocycles. The van der Waals surface area contributed by atoms with E-state index in [0.717, 1.165) is 55.9 Å². The molecule has 3 aliphatic heterocycles. The Balaban J connectivity index is 1.55. The van der Waals surface area contributed by atoms with E-state index in [1.807, 2.05) is 18.2 Å². The van der Waals surface area contributed by atoms with E-state index >= 15 is 0 Å². The molecule has 4 nitrogen and oxygen atoms in total. The summed E-state index contributed by atoms with van der Waals surface area (Å²) in [6.45, 7) is 5.35. The fourth-order valence-corrected chi connectivity index (χ4v) is 4.93. The summed E-state index contributed by atoms with van der Waals surface area (Å²) in [4.78, 5) is 2.48. The van der Waals surface area contributed by atoms with Crippen molar-refractivity contribution in [3.63, 3.8) is 0 Å². The summed E-state index contributed by atoms with van der Waals surface area (Å²) in [6.07, 6.45) is 2.74. The largest absolute Gasteiger partial charge is 0.466 e. The third-order valence-corrected chi connectivity index (χ3v) is 6.98. The normalized spacial score (nSPS) is 23.2. The Labute approximate surface area is 175 Å². The number of halogens is 2. The second-order valence-electron chi connectivity index (χ2n) is 7.76. The van der Waals surface area contributed by atoms with Crippen molar-refractivity contribution in [1.82, 2.24) is 9.91 Å². The first kappa shape index (κ1) is 18.3. The molecule has 0 radical (unpaired) electrons. The van der Waals surface area contributed by atoms with Crippen LogP contribution in [0.5, 0.6) is 5.75 Å². The number of hydrogen-bond acceptors (Lipinski definition) is 4. The van der Waals surface area contributed by atoms with Crippen LogP contribution in [0.3, 0.4) is 0 Å². The molecule has 6 heteroatoms. The van der Waals surface area contributed by atoms with Crippen molar-refractivity contribution in [2.45, 2.75) is 38.0 Å². The fraction of sp³-hybridized carbons (Fsp3) is 0.409. The van der Waals surface area contributed by atoms with Crippen molar-refractivity contribution in [3.05, 3.63) is 63.6 Å². The first-order chi connectivity index (χ1) is 13.6. The molecular formula is C22H23Cl2N3O. The Morgan fingerprint density at radius 2 is 1.89 bits per heavy atom. The standard InChI is InChI=1S/C22H23Cl2N3O/c1-2-26-11-9-22(10-12-26)27-20(16-5-3-4-6-21(16)28-22)14-19(25-27)15-7-8-17(23)18(24)13-15/h3-8,13,20H,2,9-12,14H2,1H3/t20-/m1/s1. The molecule has 0 aromatic heterocycles. The first-order valence-corrected chi connectivity index (χ1v) is 10.7. The molecule has 0 saturated carbocycles. The van der Waals surface area contributed by atoms with E-state index in [0.29, 0.717) is 10.0 Å². The number of likely N-dealkylation sites (tertiary alicyclic amines) is 1. The maximum atomic E-state index is 6.64. The van der Waals surface area contributed by atoms with Gasteiger partial charge in [0, 0.05) is 37.9 Å². The molecule has 0 bridgehead atoms. The van der Waals surface area contributed by atoms with E-state index in [4.69, 9.17) is 33.0 Å². The average Bonchev–Trinajstić information content (AvgIpc) is 3.18. The van der Waals surface area contributed by atoms with Crippen molar-refractivity contribution in [1.29, 1.82) is 0 Å². The van der Waals surface area contributed by atoms with Gasteiger partial charge in [-0.1, -0.05) is 54.4 Å². The van der Waals surface area contributed by atoms with Gasteiger partial charge in [0.2, 0.25) is 5.72 Å². The zero-order valence-corrected chi connectivity index (χ0v) is 17.4. The lowest BCUT2D eigenvalue weighted by molar-refractivity contribution is -0.149. The van der Waals surface area contributed by atoms with Crippen molar-refractivity contribution >= 4 is 28.9 Å². The van der Waals surface area contributed by atoms with Crippen LogP contribution in [0, 0.1) is 0 Å². The van der Waals surface area contributed by atoms with Gasteiger partial charge >= 0.3 is 0 Å². The highest BCUT2D eigenvalue weighted by Crippen LogP contribution is 2.50. The highest BCUT2D eigenvalue weighted by atomic mass is 35.5. The van der Waals surface area contributed by atoms with Gasteiger partial charge in [-0.05, 0) is 30.3 Å². The Bertz CT molecular complexity index is 937. The molecule has 0 amide bonds. The van der Waals surface area contributed by atoms with Gasteiger partial charge in [-0.2, -0.15) is 5.10 Å². The van der Waals surface area contributed by atoms with Gasteiger partial charge in [-0.15, -0.1) is 0 Å². The number of ether oxygens (including phenoxy) is 1. The van der Waals surface area contributed by atoms with Crippen LogP contribution in [-0.4, -0.2) is 41.0 Å². The lowest BCUT2D eigenvalue weighted by Gasteiger charge is -2.51. The van der Waals surface area contributed by atoms with Gasteiger partial charge in [0.05, 0.1) is 21.8 Å². The van der Waals surface area contributed by atoms with Crippen LogP contribution in [0.15, 0.2) is 47.6 Å². The molecule has 28 heavy (non-hydrogen) atoms. The van der Waals surface area contributed by atoms with Crippen molar-refractivity contribution < 1.29 is 4.74 Å². The van der Waals surface area contributed by atoms with Crippen molar-refractivity contribution in [2.75, 3.05) is 19.6 Å². The molecule has 1 spiro atoms. The molecule has 3 aliphatic rings. The van der Waals surface area contributed by atoms with Crippen LogP contribution >= 0.6 is 23.2 Å². The maximum Gasteiger partial charge on any atom is 0.200 e. The molecule has 1 fully saturated rings. The van der Waals surface area contributed by atoms with Crippen LogP contribution < -0.4 is 4.74 Å². The van der Waals surface area contributed by atoms with Crippen LogP contribution in [0.4, 0.5) is 0 Å². The zero-order valence-electron chi connectivity index (χ0n) is 15.9. The molecule has 0 N–H and O–H groups in total. The highest BCUT2D eigenvalue weighted by molar-refractivity contribution is 6.42. The molecular weight excluding hydrogens is 393 g/mol. The Morgan fingerprint density at radius 3 is 2.64 bits per heavy atom. The molecule has 3 heterocycles. The Morgan fingerprint density at radius 1 is 1.11 bits per heavy atom. The summed E-state index contributed by atoms with van der Waals surface area (Å²) in [7, 11) is 0. The number of piperidine rings is 1. The number of para-hydroxylation sites is 1. The van der Waals surface area contributed by atoms with Gasteiger partial charge in [-0.3, -0.25) is 0 Å². The SMILES string of the molecule is CCN1CCC2(CC1)Oc1ccccc1[C@H]1CC(c3ccc(Cl)c(Cl)c3)=NN12. The second-order valence-corrected chi connectivity index (χ2v) is 8.57. The van der Waals surface area contributed by atoms with Crippen LogP contribution in [0.2, 0.25) is 10.0 Å². The number of hydrazone groups is 1. The van der Waals surface area contributed by atoms with Gasteiger partial charge in [-0.25, -0.2) is 5.01 Å². The molecule has 2 aromatic carbocycles. The smallest absolute Gasteiger partial charge is 0.200 e. The lowest BCUT2D eigenvalue weighted by Crippen LogP contribution is -2.59. The molecule has 0 unspecified atom stereocenters. The number of hydrogen-bond donors (Lipinski definition) is 0. The van der Waals surface area contributed by atoms with Crippen LogP contribution in [0.1, 0.15) is 43.4 Å². The third-order valence-electron chi connectivity index (χ3n) is 6.24. The van der Waals surface area contributed by atoms with Crippen LogP contribution in [-0.2, 0) is 0 Å². The quantitative estimate of drug-likeness (QED) is 0.661. The third kappa shape index (κ3) is 2.90. The molecule has 5 rings (SSSR count). The molecule has 2 aromatic rings. The second kappa shape index (κ2) is 6.94. The lowest BCUT2D eigenvalue weighted by atomic mass is 9.91. The van der Waals surface area contributed by atoms with Gasteiger partial charge in [0.25, 0.3) is 0 Å². The van der Waals surface area contributed by atoms with E-state index in [9.17, 15) is 0 Å². The Kier molecular flexibility index (Phi) is 4.53. The first-order valence-electron chi connectivity index (χ1n) is 9.92. The van der Waals surface area contributed by atoms with E-state index in [1.165, 1.54) is 5.56 Å². The molecule has 0 aliphatic carbocycles. The Hall–Kier alpha value is -1.75. The summed E-state index contributed by atoms with van der Waals surface area (Å²) >= 11 is 12.4. The summed E-state index contributed by atoms with van der Waals surface area (Å²) in [6, 6.07) is 14.4. The van der Waals surface area contributed by atoms with Crippen LogP contribution in [0.25, 0.3) is 0 Å². The fourth-order valence-electron chi connectivity index (χ4n) is 4.63. The number of rotatable bonds is 2. The van der Waals surface area contributed by atoms with E-state index in [1.54, 1.807) is 0 Å². The van der Waals surface area contributed by atoms with E-state index in [2.05, 4.69) is 41.1 Å². The number of fused-ring (bicyclic) bond motifs is 4. The number of nitrogens with zero attached hydrogens (tertiary/aromatic N) is 3. The predicted octanol–water partition coefficient (Wildman–Crippen LogP) is 5.35. The van der Waals surface area contributed by atoms with Gasteiger partial charge in [0.1, 0.15) is 5.75 Å². The highest BCUT2D eigenvalue weighted by Gasteiger charge is 2.51. The molecule has 146 valence electrons. The summed E-state index contributed by atoms with van der Waals surface area (Å²) in [5, 5.41) is 8.45. The zero-order chi connectivity index (χ0) is 19.3. The summed E-state index contributed by atoms with van der Waals surface area (Å²) in [5.74, 6) is 0.999. The van der Waals surface area contributed by atoms with Crippen molar-refractivity contribution in [2.24, 2.45) is 5.10 Å². The number of benzene rings is 2.